The van der Waals surface area contributed by atoms with E-state index in [1.807, 2.05) is 0 Å². The summed E-state index contributed by atoms with van der Waals surface area (Å²) in [6.45, 7) is 0. The van der Waals surface area contributed by atoms with E-state index < -0.39 is 17.9 Å². The minimum atomic E-state index is -2.86. The fourth-order valence-corrected chi connectivity index (χ4v) is 1.60. The molecule has 1 aromatic rings. The van der Waals surface area contributed by atoms with Gasteiger partial charge in [0, 0.05) is 0 Å². The van der Waals surface area contributed by atoms with Crippen LogP contribution in [0.15, 0.2) is 6.07 Å². The molecule has 0 saturated carbocycles. The lowest BCUT2D eigenvalue weighted by atomic mass is 10.1. The molecule has 0 fully saturated rings. The van der Waals surface area contributed by atoms with Crippen LogP contribution in [0.4, 0.5) is 8.78 Å². The van der Waals surface area contributed by atoms with Crippen molar-refractivity contribution in [3.8, 4) is 6.07 Å². The van der Waals surface area contributed by atoms with Gasteiger partial charge < -0.3 is 5.73 Å². The molecule has 0 bridgehead atoms. The molecule has 78 valence electrons. The van der Waals surface area contributed by atoms with Crippen molar-refractivity contribution in [2.24, 2.45) is 5.73 Å². The van der Waals surface area contributed by atoms with Crippen LogP contribution in [0.3, 0.4) is 0 Å². The van der Waals surface area contributed by atoms with E-state index in [9.17, 15) is 13.6 Å². The maximum absolute atomic E-state index is 12.4. The molecule has 0 radical (unpaired) electrons. The Kier molecular flexibility index (Phi) is 3.52. The third kappa shape index (κ3) is 2.38. The zero-order chi connectivity index (χ0) is 11.6. The SMILES string of the molecule is N#Cc1nc(I)c(C(N)=O)cc1C(F)F. The van der Waals surface area contributed by atoms with Crippen LogP contribution < -0.4 is 5.73 Å². The number of nitriles is 1. The summed E-state index contributed by atoms with van der Waals surface area (Å²) in [6.07, 6.45) is -2.86. The molecule has 0 aliphatic rings. The number of hydrogen-bond acceptors (Lipinski definition) is 3. The molecule has 0 unspecified atom stereocenters. The fourth-order valence-electron chi connectivity index (χ4n) is 0.935. The Bertz CT molecular complexity index is 456. The maximum Gasteiger partial charge on any atom is 0.266 e. The normalized spacial score (nSPS) is 10.1. The Balaban J connectivity index is 3.45. The summed E-state index contributed by atoms with van der Waals surface area (Å²) in [5.41, 5.74) is 3.89. The predicted octanol–water partition coefficient (Wildman–Crippen LogP) is 1.59. The molecule has 1 amide bonds. The molecule has 2 N–H and O–H groups in total. The molecule has 7 heteroatoms. The Morgan fingerprint density at radius 1 is 1.67 bits per heavy atom. The van der Waals surface area contributed by atoms with Crippen molar-refractivity contribution in [3.05, 3.63) is 26.6 Å². The second-order valence-corrected chi connectivity index (χ2v) is 3.56. The standard InChI is InChI=1S/C8H4F2IN3O/c9-6(10)3-1-4(8(13)15)7(11)14-5(3)2-12/h1,6H,(H2,13,15). The molecule has 1 aromatic heterocycles. The summed E-state index contributed by atoms with van der Waals surface area (Å²) in [5.74, 6) is -0.849. The zero-order valence-corrected chi connectivity index (χ0v) is 9.33. The molecule has 0 atom stereocenters. The molecule has 1 rings (SSSR count). The van der Waals surface area contributed by atoms with Gasteiger partial charge in [0.25, 0.3) is 12.3 Å². The van der Waals surface area contributed by atoms with E-state index in [0.717, 1.165) is 6.07 Å². The molecule has 15 heavy (non-hydrogen) atoms. The van der Waals surface area contributed by atoms with Gasteiger partial charge in [-0.2, -0.15) is 5.26 Å². The van der Waals surface area contributed by atoms with Gasteiger partial charge in [-0.15, -0.1) is 0 Å². The molecule has 4 nitrogen and oxygen atoms in total. The van der Waals surface area contributed by atoms with Crippen molar-refractivity contribution < 1.29 is 13.6 Å². The number of halogens is 3. The van der Waals surface area contributed by atoms with Gasteiger partial charge in [-0.3, -0.25) is 4.79 Å². The molecule has 0 aliphatic heterocycles. The van der Waals surface area contributed by atoms with Crippen molar-refractivity contribution >= 4 is 28.5 Å². The highest BCUT2D eigenvalue weighted by atomic mass is 127. The van der Waals surface area contributed by atoms with E-state index in [-0.39, 0.29) is 15.0 Å². The van der Waals surface area contributed by atoms with Gasteiger partial charge in [0.1, 0.15) is 9.77 Å². The van der Waals surface area contributed by atoms with Crippen LogP contribution >= 0.6 is 22.6 Å². The molecule has 0 aliphatic carbocycles. The number of carbonyl (C=O) groups is 1. The van der Waals surface area contributed by atoms with Crippen molar-refractivity contribution in [1.29, 1.82) is 5.26 Å². The number of pyridine rings is 1. The first-order valence-corrected chi connectivity index (χ1v) is 4.73. The Morgan fingerprint density at radius 3 is 2.67 bits per heavy atom. The van der Waals surface area contributed by atoms with Crippen molar-refractivity contribution in [2.45, 2.75) is 6.43 Å². The van der Waals surface area contributed by atoms with Crippen LogP contribution in [-0.2, 0) is 0 Å². The van der Waals surface area contributed by atoms with Crippen LogP contribution in [0.2, 0.25) is 0 Å². The van der Waals surface area contributed by atoms with Crippen molar-refractivity contribution in [3.63, 3.8) is 0 Å². The number of rotatable bonds is 2. The average Bonchev–Trinajstić information content (AvgIpc) is 2.16. The topological polar surface area (TPSA) is 79.8 Å². The largest absolute Gasteiger partial charge is 0.366 e. The monoisotopic (exact) mass is 323 g/mol. The Hall–Kier alpha value is -1.30. The van der Waals surface area contributed by atoms with Crippen LogP contribution in [0.1, 0.15) is 28.0 Å². The summed E-state index contributed by atoms with van der Waals surface area (Å²) in [5, 5.41) is 8.56. The quantitative estimate of drug-likeness (QED) is 0.663. The average molecular weight is 323 g/mol. The number of aromatic nitrogens is 1. The van der Waals surface area contributed by atoms with Crippen LogP contribution in [0, 0.1) is 15.0 Å². The Labute approximate surface area is 97.2 Å². The van der Waals surface area contributed by atoms with E-state index in [1.165, 1.54) is 6.07 Å². The van der Waals surface area contributed by atoms with Crippen molar-refractivity contribution in [1.82, 2.24) is 4.98 Å². The summed E-state index contributed by atoms with van der Waals surface area (Å²) in [7, 11) is 0. The third-order valence-corrected chi connectivity index (χ3v) is 2.43. The van der Waals surface area contributed by atoms with Gasteiger partial charge in [0.15, 0.2) is 5.69 Å². The number of nitrogens with two attached hydrogens (primary N) is 1. The lowest BCUT2D eigenvalue weighted by molar-refractivity contribution is 0.0998. The van der Waals surface area contributed by atoms with E-state index in [4.69, 9.17) is 11.0 Å². The lowest BCUT2D eigenvalue weighted by Crippen LogP contribution is -2.15. The summed E-state index contributed by atoms with van der Waals surface area (Å²) in [6, 6.07) is 2.44. The first kappa shape index (κ1) is 11.8. The minimum absolute atomic E-state index is 0.107. The maximum atomic E-state index is 12.4. The number of primary amides is 1. The van der Waals surface area contributed by atoms with E-state index in [0.29, 0.717) is 0 Å². The van der Waals surface area contributed by atoms with Gasteiger partial charge in [0.2, 0.25) is 0 Å². The van der Waals surface area contributed by atoms with Crippen molar-refractivity contribution in [2.75, 3.05) is 0 Å². The van der Waals surface area contributed by atoms with Gasteiger partial charge in [0.05, 0.1) is 11.1 Å². The molecular weight excluding hydrogens is 319 g/mol. The Morgan fingerprint density at radius 2 is 2.27 bits per heavy atom. The summed E-state index contributed by atoms with van der Waals surface area (Å²) in [4.78, 5) is 14.4. The second kappa shape index (κ2) is 4.48. The smallest absolute Gasteiger partial charge is 0.266 e. The fraction of sp³-hybridized carbons (Fsp3) is 0.125. The van der Waals surface area contributed by atoms with Crippen LogP contribution in [0.5, 0.6) is 0 Å². The first-order chi connectivity index (χ1) is 6.97. The molecule has 0 spiro atoms. The first-order valence-electron chi connectivity index (χ1n) is 3.66. The highest BCUT2D eigenvalue weighted by molar-refractivity contribution is 14.1. The van der Waals surface area contributed by atoms with E-state index in [2.05, 4.69) is 4.98 Å². The number of amides is 1. The lowest BCUT2D eigenvalue weighted by Gasteiger charge is -2.05. The second-order valence-electron chi connectivity index (χ2n) is 2.54. The van der Waals surface area contributed by atoms with Crippen LogP contribution in [-0.4, -0.2) is 10.9 Å². The third-order valence-electron chi connectivity index (χ3n) is 1.61. The molecular formula is C8H4F2IN3O. The number of carbonyl (C=O) groups excluding carboxylic acids is 1. The molecule has 0 aromatic carbocycles. The molecule has 1 heterocycles. The summed E-state index contributed by atoms with van der Waals surface area (Å²) >= 11 is 1.66. The van der Waals surface area contributed by atoms with Gasteiger partial charge >= 0.3 is 0 Å². The molecule has 0 saturated heterocycles. The number of hydrogen-bond donors (Lipinski definition) is 1. The van der Waals surface area contributed by atoms with E-state index >= 15 is 0 Å². The van der Waals surface area contributed by atoms with Gasteiger partial charge in [-0.1, -0.05) is 0 Å². The van der Waals surface area contributed by atoms with Gasteiger partial charge in [-0.25, -0.2) is 13.8 Å². The van der Waals surface area contributed by atoms with E-state index in [1.54, 1.807) is 22.6 Å². The predicted molar refractivity (Wildman–Crippen MR) is 55.1 cm³/mol. The highest BCUT2D eigenvalue weighted by Gasteiger charge is 2.19. The minimum Gasteiger partial charge on any atom is -0.366 e. The van der Waals surface area contributed by atoms with Crippen LogP contribution in [0.25, 0.3) is 0 Å². The highest BCUT2D eigenvalue weighted by Crippen LogP contribution is 2.24. The number of nitrogens with zero attached hydrogens (tertiary/aromatic N) is 2. The zero-order valence-electron chi connectivity index (χ0n) is 7.17. The summed E-state index contributed by atoms with van der Waals surface area (Å²) < 4.78 is 25.0. The van der Waals surface area contributed by atoms with Gasteiger partial charge in [-0.05, 0) is 28.7 Å². The number of alkyl halides is 2.